The molecule has 1 aromatic rings. The molecule has 0 aromatic carbocycles. The Morgan fingerprint density at radius 1 is 1.35 bits per heavy atom. The van der Waals surface area contributed by atoms with Crippen LogP contribution in [0.25, 0.3) is 0 Å². The van der Waals surface area contributed by atoms with Crippen LogP contribution in [0.15, 0.2) is 21.2 Å². The Hall–Kier alpha value is -1.30. The van der Waals surface area contributed by atoms with E-state index in [4.69, 9.17) is 4.42 Å². The first-order chi connectivity index (χ1) is 9.31. The second-order valence-electron chi connectivity index (χ2n) is 5.27. The third-order valence-electron chi connectivity index (χ3n) is 3.06. The summed E-state index contributed by atoms with van der Waals surface area (Å²) in [4.78, 5) is 25.4. The van der Waals surface area contributed by atoms with Crippen LogP contribution in [0.4, 0.5) is 0 Å². The first kappa shape index (κ1) is 16.8. The summed E-state index contributed by atoms with van der Waals surface area (Å²) in [6.45, 7) is 6.20. The molecule has 1 aromatic heterocycles. The molecule has 0 radical (unpaired) electrons. The number of nitrogens with one attached hydrogen (secondary N) is 1. The quantitative estimate of drug-likeness (QED) is 0.862. The third-order valence-corrected chi connectivity index (χ3v) is 3.49. The van der Waals surface area contributed by atoms with Gasteiger partial charge in [-0.15, -0.1) is 0 Å². The van der Waals surface area contributed by atoms with E-state index in [2.05, 4.69) is 35.1 Å². The number of amides is 2. The maximum atomic E-state index is 12.0. The Kier molecular flexibility index (Phi) is 6.26. The molecule has 20 heavy (non-hydrogen) atoms. The average molecular weight is 345 g/mol. The number of halogens is 1. The van der Waals surface area contributed by atoms with Gasteiger partial charge in [-0.2, -0.15) is 0 Å². The molecule has 0 saturated heterocycles. The predicted octanol–water partition coefficient (Wildman–Crippen LogP) is 2.66. The summed E-state index contributed by atoms with van der Waals surface area (Å²) in [7, 11) is 1.75. The van der Waals surface area contributed by atoms with Gasteiger partial charge in [0, 0.05) is 13.1 Å². The van der Waals surface area contributed by atoms with Crippen molar-refractivity contribution in [2.24, 2.45) is 5.92 Å². The van der Waals surface area contributed by atoms with E-state index in [9.17, 15) is 9.59 Å². The molecule has 0 aliphatic rings. The van der Waals surface area contributed by atoms with Crippen molar-refractivity contribution in [3.8, 4) is 0 Å². The molecular formula is C14H21BrN2O3. The lowest BCUT2D eigenvalue weighted by Crippen LogP contribution is -2.42. The lowest BCUT2D eigenvalue weighted by Gasteiger charge is -2.26. The average Bonchev–Trinajstić information content (AvgIpc) is 2.80. The second kappa shape index (κ2) is 7.47. The van der Waals surface area contributed by atoms with Gasteiger partial charge in [0.05, 0.1) is 6.54 Å². The standard InChI is InChI=1S/C14H21BrN2O3/c1-9(2)7-10(3)17(4)13(18)8-16-14(19)11-5-6-12(15)20-11/h5-6,9-10H,7-8H2,1-4H3,(H,16,19)/t10-/m0/s1. The molecule has 1 heterocycles. The van der Waals surface area contributed by atoms with E-state index >= 15 is 0 Å². The first-order valence-electron chi connectivity index (χ1n) is 6.60. The number of nitrogens with zero attached hydrogens (tertiary/aromatic N) is 1. The molecule has 0 fully saturated rings. The molecule has 1 N–H and O–H groups in total. The molecule has 1 atom stereocenters. The maximum absolute atomic E-state index is 12.0. The molecule has 112 valence electrons. The third kappa shape index (κ3) is 5.00. The highest BCUT2D eigenvalue weighted by molar-refractivity contribution is 9.10. The number of likely N-dealkylation sites (N-methyl/N-ethyl adjacent to an activating group) is 1. The fourth-order valence-corrected chi connectivity index (χ4v) is 2.20. The summed E-state index contributed by atoms with van der Waals surface area (Å²) in [5, 5.41) is 2.56. The zero-order valence-corrected chi connectivity index (χ0v) is 13.9. The van der Waals surface area contributed by atoms with Gasteiger partial charge >= 0.3 is 0 Å². The van der Waals surface area contributed by atoms with Crippen LogP contribution in [0.3, 0.4) is 0 Å². The van der Waals surface area contributed by atoms with Gasteiger partial charge in [-0.3, -0.25) is 9.59 Å². The number of carbonyl (C=O) groups excluding carboxylic acids is 2. The van der Waals surface area contributed by atoms with E-state index in [1.165, 1.54) is 0 Å². The van der Waals surface area contributed by atoms with Crippen LogP contribution in [0.1, 0.15) is 37.7 Å². The number of rotatable bonds is 6. The molecule has 0 bridgehead atoms. The van der Waals surface area contributed by atoms with Gasteiger partial charge in [0.15, 0.2) is 10.4 Å². The summed E-state index contributed by atoms with van der Waals surface area (Å²) in [6.07, 6.45) is 0.932. The highest BCUT2D eigenvalue weighted by Gasteiger charge is 2.18. The van der Waals surface area contributed by atoms with Crippen molar-refractivity contribution < 1.29 is 14.0 Å². The van der Waals surface area contributed by atoms with Gasteiger partial charge in [0.2, 0.25) is 5.91 Å². The number of hydrogen-bond acceptors (Lipinski definition) is 3. The van der Waals surface area contributed by atoms with Crippen LogP contribution in [0, 0.1) is 5.92 Å². The highest BCUT2D eigenvalue weighted by atomic mass is 79.9. The van der Waals surface area contributed by atoms with Crippen LogP contribution in [0.2, 0.25) is 0 Å². The Morgan fingerprint density at radius 3 is 2.50 bits per heavy atom. The van der Waals surface area contributed by atoms with Gasteiger partial charge in [-0.05, 0) is 47.3 Å². The molecule has 0 aliphatic carbocycles. The molecular weight excluding hydrogens is 324 g/mol. The van der Waals surface area contributed by atoms with E-state index in [0.29, 0.717) is 10.6 Å². The molecule has 0 unspecified atom stereocenters. The van der Waals surface area contributed by atoms with E-state index in [1.807, 2.05) is 6.92 Å². The van der Waals surface area contributed by atoms with Crippen molar-refractivity contribution in [3.05, 3.63) is 22.6 Å². The first-order valence-corrected chi connectivity index (χ1v) is 7.39. The summed E-state index contributed by atoms with van der Waals surface area (Å²) >= 11 is 3.12. The van der Waals surface area contributed by atoms with Gasteiger partial charge in [-0.1, -0.05) is 13.8 Å². The molecule has 6 heteroatoms. The van der Waals surface area contributed by atoms with E-state index in [-0.39, 0.29) is 24.3 Å². The number of carbonyl (C=O) groups is 2. The minimum Gasteiger partial charge on any atom is -0.444 e. The summed E-state index contributed by atoms with van der Waals surface area (Å²) in [5.41, 5.74) is 0. The molecule has 5 nitrogen and oxygen atoms in total. The van der Waals surface area contributed by atoms with Crippen LogP contribution >= 0.6 is 15.9 Å². The lowest BCUT2D eigenvalue weighted by atomic mass is 10.0. The van der Waals surface area contributed by atoms with E-state index in [1.54, 1.807) is 24.1 Å². The highest BCUT2D eigenvalue weighted by Crippen LogP contribution is 2.13. The van der Waals surface area contributed by atoms with Crippen molar-refractivity contribution in [1.29, 1.82) is 0 Å². The fraction of sp³-hybridized carbons (Fsp3) is 0.571. The van der Waals surface area contributed by atoms with E-state index < -0.39 is 5.91 Å². The van der Waals surface area contributed by atoms with E-state index in [0.717, 1.165) is 6.42 Å². The SMILES string of the molecule is CC(C)C[C@H](C)N(C)C(=O)CNC(=O)c1ccc(Br)o1. The van der Waals surface area contributed by atoms with Crippen molar-refractivity contribution >= 4 is 27.7 Å². The number of hydrogen-bond donors (Lipinski definition) is 1. The largest absolute Gasteiger partial charge is 0.444 e. The van der Waals surface area contributed by atoms with Crippen molar-refractivity contribution in [1.82, 2.24) is 10.2 Å². The van der Waals surface area contributed by atoms with Gasteiger partial charge in [-0.25, -0.2) is 0 Å². The van der Waals surface area contributed by atoms with Crippen LogP contribution in [0.5, 0.6) is 0 Å². The van der Waals surface area contributed by atoms with Gasteiger partial charge < -0.3 is 14.6 Å². The topological polar surface area (TPSA) is 62.6 Å². The Labute approximate surface area is 127 Å². The summed E-state index contributed by atoms with van der Waals surface area (Å²) in [6, 6.07) is 3.33. The monoisotopic (exact) mass is 344 g/mol. The van der Waals surface area contributed by atoms with Crippen molar-refractivity contribution in [3.63, 3.8) is 0 Å². The molecule has 0 aliphatic heterocycles. The van der Waals surface area contributed by atoms with Crippen LogP contribution in [-0.2, 0) is 4.79 Å². The minimum atomic E-state index is -0.394. The lowest BCUT2D eigenvalue weighted by molar-refractivity contribution is -0.130. The maximum Gasteiger partial charge on any atom is 0.287 e. The molecule has 0 saturated carbocycles. The Morgan fingerprint density at radius 2 is 2.00 bits per heavy atom. The Balaban J connectivity index is 2.44. The van der Waals surface area contributed by atoms with Crippen LogP contribution < -0.4 is 5.32 Å². The summed E-state index contributed by atoms with van der Waals surface area (Å²) in [5.74, 6) is 0.198. The van der Waals surface area contributed by atoms with Crippen molar-refractivity contribution in [2.75, 3.05) is 13.6 Å². The minimum absolute atomic E-state index is 0.0317. The molecule has 1 rings (SSSR count). The molecule has 2 amide bonds. The smallest absolute Gasteiger partial charge is 0.287 e. The zero-order chi connectivity index (χ0) is 15.3. The Bertz CT molecular complexity index is 471. The van der Waals surface area contributed by atoms with Gasteiger partial charge in [0.1, 0.15) is 0 Å². The zero-order valence-electron chi connectivity index (χ0n) is 12.3. The van der Waals surface area contributed by atoms with Gasteiger partial charge in [0.25, 0.3) is 5.91 Å². The normalized spacial score (nSPS) is 12.3. The number of furan rings is 1. The molecule has 0 spiro atoms. The predicted molar refractivity (Wildman–Crippen MR) is 80.4 cm³/mol. The van der Waals surface area contributed by atoms with Crippen LogP contribution in [-0.4, -0.2) is 36.3 Å². The summed E-state index contributed by atoms with van der Waals surface area (Å²) < 4.78 is 5.60. The fourth-order valence-electron chi connectivity index (χ4n) is 1.89. The van der Waals surface area contributed by atoms with Crippen molar-refractivity contribution in [2.45, 2.75) is 33.2 Å². The second-order valence-corrected chi connectivity index (χ2v) is 6.05.